The third-order valence-electron chi connectivity index (χ3n) is 2.08. The predicted molar refractivity (Wildman–Crippen MR) is 54.8 cm³/mol. The highest BCUT2D eigenvalue weighted by molar-refractivity contribution is 6.28. The Hall–Kier alpha value is -0.470. The maximum atomic E-state index is 5.90. The molecule has 0 amide bonds. The predicted octanol–water partition coefficient (Wildman–Crippen LogP) is 3.51. The van der Waals surface area contributed by atoms with Gasteiger partial charge in [0.15, 0.2) is 5.22 Å². The Bertz CT molecular complexity index is 247. The topological polar surface area (TPSA) is 39.2 Å². The molecule has 0 radical (unpaired) electrons. The molecule has 1 aromatic heterocycles. The van der Waals surface area contributed by atoms with E-state index in [2.05, 4.69) is 6.92 Å². The lowest BCUT2D eigenvalue weighted by molar-refractivity contribution is 0.443. The maximum absolute atomic E-state index is 5.90. The van der Waals surface area contributed by atoms with Crippen molar-refractivity contribution in [1.82, 2.24) is 0 Å². The van der Waals surface area contributed by atoms with Crippen molar-refractivity contribution in [3.05, 3.63) is 23.1 Å². The van der Waals surface area contributed by atoms with E-state index in [9.17, 15) is 0 Å². The van der Waals surface area contributed by atoms with E-state index in [0.717, 1.165) is 18.6 Å². The molecule has 2 nitrogen and oxygen atoms in total. The number of unbranched alkanes of at least 4 members (excludes halogenated alkanes) is 2. The average molecular weight is 202 g/mol. The Balaban J connectivity index is 2.35. The summed E-state index contributed by atoms with van der Waals surface area (Å²) < 4.78 is 5.22. The van der Waals surface area contributed by atoms with Gasteiger partial charge in [0.1, 0.15) is 5.76 Å². The van der Waals surface area contributed by atoms with Crippen LogP contribution < -0.4 is 5.73 Å². The molecule has 0 fully saturated rings. The summed E-state index contributed by atoms with van der Waals surface area (Å²) in [4.78, 5) is 0. The minimum absolute atomic E-state index is 0.000880. The molecule has 0 spiro atoms. The van der Waals surface area contributed by atoms with Gasteiger partial charge in [-0.05, 0) is 30.2 Å². The number of halogens is 1. The highest BCUT2D eigenvalue weighted by Gasteiger charge is 2.09. The van der Waals surface area contributed by atoms with Crippen molar-refractivity contribution in [1.29, 1.82) is 0 Å². The summed E-state index contributed by atoms with van der Waals surface area (Å²) >= 11 is 5.64. The summed E-state index contributed by atoms with van der Waals surface area (Å²) in [6, 6.07) is 3.58. The van der Waals surface area contributed by atoms with Gasteiger partial charge in [0.2, 0.25) is 0 Å². The highest BCUT2D eigenvalue weighted by atomic mass is 35.5. The Morgan fingerprint density at radius 1 is 1.46 bits per heavy atom. The summed E-state index contributed by atoms with van der Waals surface area (Å²) in [5.41, 5.74) is 5.90. The number of nitrogens with two attached hydrogens (primary N) is 1. The summed E-state index contributed by atoms with van der Waals surface area (Å²) in [5.74, 6) is 0.793. The van der Waals surface area contributed by atoms with Gasteiger partial charge in [-0.15, -0.1) is 0 Å². The van der Waals surface area contributed by atoms with Crippen molar-refractivity contribution in [2.75, 3.05) is 0 Å². The van der Waals surface area contributed by atoms with Crippen LogP contribution in [-0.2, 0) is 0 Å². The molecule has 1 aromatic rings. The van der Waals surface area contributed by atoms with Crippen LogP contribution >= 0.6 is 11.6 Å². The van der Waals surface area contributed by atoms with E-state index in [0.29, 0.717) is 5.22 Å². The van der Waals surface area contributed by atoms with Gasteiger partial charge in [0, 0.05) is 0 Å². The van der Waals surface area contributed by atoms with Gasteiger partial charge in [-0.3, -0.25) is 0 Å². The SMILES string of the molecule is CCCCC[C@H](N)c1ccc(Cl)o1. The first-order valence-electron chi connectivity index (χ1n) is 4.75. The van der Waals surface area contributed by atoms with Gasteiger partial charge in [-0.1, -0.05) is 26.2 Å². The zero-order valence-electron chi connectivity index (χ0n) is 7.92. The van der Waals surface area contributed by atoms with E-state index in [4.69, 9.17) is 21.8 Å². The molecule has 0 aliphatic rings. The van der Waals surface area contributed by atoms with Crippen LogP contribution in [0.1, 0.15) is 44.4 Å². The summed E-state index contributed by atoms with van der Waals surface area (Å²) in [7, 11) is 0. The Morgan fingerprint density at radius 2 is 2.23 bits per heavy atom. The first-order chi connectivity index (χ1) is 6.24. The standard InChI is InChI=1S/C10H16ClNO/c1-2-3-4-5-8(12)9-6-7-10(11)13-9/h6-8H,2-5,12H2,1H3/t8-/m0/s1. The van der Waals surface area contributed by atoms with Crippen LogP contribution in [0.15, 0.2) is 16.5 Å². The number of hydrogen-bond donors (Lipinski definition) is 1. The van der Waals surface area contributed by atoms with Crippen molar-refractivity contribution in [3.63, 3.8) is 0 Å². The Labute approximate surface area is 84.1 Å². The molecule has 74 valence electrons. The molecule has 1 atom stereocenters. The van der Waals surface area contributed by atoms with Crippen molar-refractivity contribution in [3.8, 4) is 0 Å². The molecule has 0 aromatic carbocycles. The van der Waals surface area contributed by atoms with Crippen molar-refractivity contribution < 1.29 is 4.42 Å². The van der Waals surface area contributed by atoms with E-state index in [1.165, 1.54) is 12.8 Å². The quantitative estimate of drug-likeness (QED) is 0.741. The van der Waals surface area contributed by atoms with Crippen molar-refractivity contribution in [2.45, 2.75) is 38.6 Å². The molecule has 13 heavy (non-hydrogen) atoms. The van der Waals surface area contributed by atoms with E-state index in [1.807, 2.05) is 6.07 Å². The molecule has 2 N–H and O–H groups in total. The van der Waals surface area contributed by atoms with Crippen LogP contribution in [0.25, 0.3) is 0 Å². The van der Waals surface area contributed by atoms with Crippen LogP contribution in [0.2, 0.25) is 5.22 Å². The highest BCUT2D eigenvalue weighted by Crippen LogP contribution is 2.22. The van der Waals surface area contributed by atoms with Crippen LogP contribution in [-0.4, -0.2) is 0 Å². The minimum Gasteiger partial charge on any atom is -0.448 e. The van der Waals surface area contributed by atoms with E-state index in [1.54, 1.807) is 6.07 Å². The molecule has 3 heteroatoms. The van der Waals surface area contributed by atoms with Crippen molar-refractivity contribution in [2.24, 2.45) is 5.73 Å². The largest absolute Gasteiger partial charge is 0.448 e. The molecule has 0 unspecified atom stereocenters. The van der Waals surface area contributed by atoms with Crippen LogP contribution in [0.5, 0.6) is 0 Å². The van der Waals surface area contributed by atoms with Gasteiger partial charge in [-0.25, -0.2) is 0 Å². The molecule has 0 saturated carbocycles. The molecular weight excluding hydrogens is 186 g/mol. The van der Waals surface area contributed by atoms with Gasteiger partial charge in [0.05, 0.1) is 6.04 Å². The van der Waals surface area contributed by atoms with Crippen LogP contribution in [0.4, 0.5) is 0 Å². The molecule has 0 saturated heterocycles. The summed E-state index contributed by atoms with van der Waals surface area (Å²) in [6.45, 7) is 2.18. The fourth-order valence-electron chi connectivity index (χ4n) is 1.28. The fourth-order valence-corrected chi connectivity index (χ4v) is 1.44. The molecular formula is C10H16ClNO. The summed E-state index contributed by atoms with van der Waals surface area (Å²) in [5, 5.41) is 0.418. The number of rotatable bonds is 5. The number of hydrogen-bond acceptors (Lipinski definition) is 2. The molecule has 0 aliphatic carbocycles. The smallest absolute Gasteiger partial charge is 0.193 e. The molecule has 0 bridgehead atoms. The van der Waals surface area contributed by atoms with E-state index in [-0.39, 0.29) is 6.04 Å². The van der Waals surface area contributed by atoms with E-state index < -0.39 is 0 Å². The fraction of sp³-hybridized carbons (Fsp3) is 0.600. The van der Waals surface area contributed by atoms with Crippen molar-refractivity contribution >= 4 is 11.6 Å². The second-order valence-electron chi connectivity index (χ2n) is 3.24. The van der Waals surface area contributed by atoms with Gasteiger partial charge in [0.25, 0.3) is 0 Å². The second kappa shape index (κ2) is 5.30. The molecule has 1 rings (SSSR count). The lowest BCUT2D eigenvalue weighted by atomic mass is 10.1. The minimum atomic E-state index is -0.000880. The third kappa shape index (κ3) is 3.41. The van der Waals surface area contributed by atoms with Gasteiger partial charge < -0.3 is 10.2 Å². The zero-order chi connectivity index (χ0) is 9.68. The monoisotopic (exact) mass is 201 g/mol. The van der Waals surface area contributed by atoms with Gasteiger partial charge in [-0.2, -0.15) is 0 Å². The normalized spacial score (nSPS) is 13.2. The van der Waals surface area contributed by atoms with E-state index >= 15 is 0 Å². The summed E-state index contributed by atoms with van der Waals surface area (Å²) in [6.07, 6.45) is 4.56. The van der Waals surface area contributed by atoms with Crippen LogP contribution in [0.3, 0.4) is 0 Å². The number of furan rings is 1. The average Bonchev–Trinajstić information content (AvgIpc) is 2.52. The van der Waals surface area contributed by atoms with Gasteiger partial charge >= 0.3 is 0 Å². The Morgan fingerprint density at radius 3 is 2.77 bits per heavy atom. The first-order valence-corrected chi connectivity index (χ1v) is 5.12. The van der Waals surface area contributed by atoms with Crippen LogP contribution in [0, 0.1) is 0 Å². The molecule has 0 aliphatic heterocycles. The lowest BCUT2D eigenvalue weighted by Crippen LogP contribution is -2.08. The third-order valence-corrected chi connectivity index (χ3v) is 2.28. The maximum Gasteiger partial charge on any atom is 0.193 e. The zero-order valence-corrected chi connectivity index (χ0v) is 8.68. The molecule has 1 heterocycles. The second-order valence-corrected chi connectivity index (χ2v) is 3.62. The Kier molecular flexibility index (Phi) is 4.33. The first kappa shape index (κ1) is 10.6. The lowest BCUT2D eigenvalue weighted by Gasteiger charge is -2.07.